The molecule has 0 aliphatic heterocycles. The van der Waals surface area contributed by atoms with Crippen molar-refractivity contribution in [1.82, 2.24) is 5.32 Å². The molecule has 1 saturated carbocycles. The lowest BCUT2D eigenvalue weighted by atomic mass is 9.84. The maximum Gasteiger partial charge on any atom is 0.00668 e. The molecule has 1 rings (SSSR count). The van der Waals surface area contributed by atoms with Gasteiger partial charge >= 0.3 is 0 Å². The first-order chi connectivity index (χ1) is 8.30. The van der Waals surface area contributed by atoms with Gasteiger partial charge in [-0.15, -0.1) is 0 Å². The summed E-state index contributed by atoms with van der Waals surface area (Å²) in [5, 5.41) is 3.54. The van der Waals surface area contributed by atoms with Gasteiger partial charge < -0.3 is 5.32 Å². The van der Waals surface area contributed by atoms with Gasteiger partial charge in [-0.1, -0.05) is 58.8 Å². The Morgan fingerprint density at radius 1 is 1.06 bits per heavy atom. The third-order valence-electron chi connectivity index (χ3n) is 4.83. The van der Waals surface area contributed by atoms with Gasteiger partial charge in [-0.2, -0.15) is 0 Å². The highest BCUT2D eigenvalue weighted by atomic mass is 14.9. The third kappa shape index (κ3) is 5.90. The summed E-state index contributed by atoms with van der Waals surface area (Å²) in [5.41, 5.74) is 0. The SMILES string of the molecule is CCC(CC)CC(CCC1CCCCC1)NC. The van der Waals surface area contributed by atoms with Gasteiger partial charge in [0.1, 0.15) is 0 Å². The van der Waals surface area contributed by atoms with Gasteiger partial charge in [0.15, 0.2) is 0 Å². The van der Waals surface area contributed by atoms with Crippen molar-refractivity contribution >= 4 is 0 Å². The summed E-state index contributed by atoms with van der Waals surface area (Å²) in [6, 6.07) is 0.766. The van der Waals surface area contributed by atoms with Crippen LogP contribution < -0.4 is 5.32 Å². The van der Waals surface area contributed by atoms with Crippen LogP contribution in [0.15, 0.2) is 0 Å². The van der Waals surface area contributed by atoms with E-state index in [4.69, 9.17) is 0 Å². The average molecular weight is 239 g/mol. The molecule has 0 heterocycles. The summed E-state index contributed by atoms with van der Waals surface area (Å²) < 4.78 is 0. The van der Waals surface area contributed by atoms with E-state index in [1.165, 1.54) is 64.2 Å². The molecule has 1 aliphatic rings. The second kappa shape index (κ2) is 8.97. The molecule has 0 radical (unpaired) electrons. The molecule has 0 bridgehead atoms. The molecular weight excluding hydrogens is 206 g/mol. The van der Waals surface area contributed by atoms with E-state index < -0.39 is 0 Å². The predicted octanol–water partition coefficient (Wildman–Crippen LogP) is 4.76. The Labute approximate surface area is 109 Å². The fraction of sp³-hybridized carbons (Fsp3) is 1.00. The van der Waals surface area contributed by atoms with Crippen molar-refractivity contribution in [3.8, 4) is 0 Å². The second-order valence-corrected chi connectivity index (χ2v) is 5.99. The average Bonchev–Trinajstić information content (AvgIpc) is 2.40. The highest BCUT2D eigenvalue weighted by molar-refractivity contribution is 4.73. The molecule has 0 aromatic heterocycles. The van der Waals surface area contributed by atoms with Crippen LogP contribution in [0.4, 0.5) is 0 Å². The summed E-state index contributed by atoms with van der Waals surface area (Å²) in [6.45, 7) is 4.67. The normalized spacial score (nSPS) is 19.8. The molecule has 17 heavy (non-hydrogen) atoms. The van der Waals surface area contributed by atoms with Crippen molar-refractivity contribution in [2.24, 2.45) is 11.8 Å². The molecule has 0 amide bonds. The van der Waals surface area contributed by atoms with E-state index in [9.17, 15) is 0 Å². The molecule has 0 saturated heterocycles. The fourth-order valence-electron chi connectivity index (χ4n) is 3.32. The molecule has 1 nitrogen and oxygen atoms in total. The summed E-state index contributed by atoms with van der Waals surface area (Å²) in [7, 11) is 2.15. The largest absolute Gasteiger partial charge is 0.317 e. The highest BCUT2D eigenvalue weighted by Crippen LogP contribution is 2.28. The smallest absolute Gasteiger partial charge is 0.00668 e. The molecule has 0 aromatic rings. The van der Waals surface area contributed by atoms with Crippen molar-refractivity contribution in [2.75, 3.05) is 7.05 Å². The molecule has 1 N–H and O–H groups in total. The maximum atomic E-state index is 3.54. The molecule has 1 aliphatic carbocycles. The topological polar surface area (TPSA) is 12.0 Å². The van der Waals surface area contributed by atoms with Crippen LogP contribution in [0.1, 0.15) is 78.1 Å². The Balaban J connectivity index is 2.20. The monoisotopic (exact) mass is 239 g/mol. The van der Waals surface area contributed by atoms with Gasteiger partial charge in [-0.05, 0) is 38.1 Å². The zero-order valence-corrected chi connectivity index (χ0v) is 12.3. The molecular formula is C16H33N. The number of hydrogen-bond acceptors (Lipinski definition) is 1. The molecule has 0 aromatic carbocycles. The standard InChI is InChI=1S/C16H33N/c1-4-14(5-2)13-16(17-3)12-11-15-9-7-6-8-10-15/h14-17H,4-13H2,1-3H3. The zero-order valence-electron chi connectivity index (χ0n) is 12.3. The lowest BCUT2D eigenvalue weighted by molar-refractivity contribution is 0.295. The van der Waals surface area contributed by atoms with Crippen molar-refractivity contribution in [3.05, 3.63) is 0 Å². The Morgan fingerprint density at radius 3 is 2.24 bits per heavy atom. The summed E-state index contributed by atoms with van der Waals surface area (Å²) in [4.78, 5) is 0. The van der Waals surface area contributed by atoms with Crippen LogP contribution in [0.25, 0.3) is 0 Å². The van der Waals surface area contributed by atoms with Gasteiger partial charge in [0, 0.05) is 6.04 Å². The minimum atomic E-state index is 0.766. The first-order valence-electron chi connectivity index (χ1n) is 7.97. The van der Waals surface area contributed by atoms with Gasteiger partial charge in [0.2, 0.25) is 0 Å². The molecule has 0 spiro atoms. The van der Waals surface area contributed by atoms with Crippen LogP contribution in [0.2, 0.25) is 0 Å². The van der Waals surface area contributed by atoms with Crippen molar-refractivity contribution in [3.63, 3.8) is 0 Å². The first kappa shape index (κ1) is 15.0. The van der Waals surface area contributed by atoms with Gasteiger partial charge in [0.25, 0.3) is 0 Å². The van der Waals surface area contributed by atoms with E-state index in [1.54, 1.807) is 0 Å². The van der Waals surface area contributed by atoms with Crippen LogP contribution in [0, 0.1) is 11.8 Å². The van der Waals surface area contributed by atoms with Gasteiger partial charge in [-0.25, -0.2) is 0 Å². The minimum absolute atomic E-state index is 0.766. The van der Waals surface area contributed by atoms with Crippen LogP contribution in [0.5, 0.6) is 0 Å². The van der Waals surface area contributed by atoms with Crippen molar-refractivity contribution in [1.29, 1.82) is 0 Å². The fourth-order valence-corrected chi connectivity index (χ4v) is 3.32. The lowest BCUT2D eigenvalue weighted by Gasteiger charge is -2.26. The van der Waals surface area contributed by atoms with E-state index in [1.807, 2.05) is 0 Å². The Hall–Kier alpha value is -0.0400. The second-order valence-electron chi connectivity index (χ2n) is 5.99. The lowest BCUT2D eigenvalue weighted by Crippen LogP contribution is -2.28. The van der Waals surface area contributed by atoms with Crippen LogP contribution in [0.3, 0.4) is 0 Å². The molecule has 1 unspecified atom stereocenters. The number of hydrogen-bond donors (Lipinski definition) is 1. The van der Waals surface area contributed by atoms with Gasteiger partial charge in [0.05, 0.1) is 0 Å². The van der Waals surface area contributed by atoms with Crippen LogP contribution in [-0.4, -0.2) is 13.1 Å². The third-order valence-corrected chi connectivity index (χ3v) is 4.83. The van der Waals surface area contributed by atoms with E-state index in [0.29, 0.717) is 0 Å². The van der Waals surface area contributed by atoms with Crippen LogP contribution >= 0.6 is 0 Å². The summed E-state index contributed by atoms with van der Waals surface area (Å²) in [6.07, 6.45) is 14.4. The van der Waals surface area contributed by atoms with Crippen molar-refractivity contribution in [2.45, 2.75) is 84.1 Å². The maximum absolute atomic E-state index is 3.54. The Kier molecular flexibility index (Phi) is 7.92. The predicted molar refractivity (Wildman–Crippen MR) is 77.3 cm³/mol. The van der Waals surface area contributed by atoms with E-state index in [0.717, 1.165) is 17.9 Å². The van der Waals surface area contributed by atoms with Crippen LogP contribution in [-0.2, 0) is 0 Å². The minimum Gasteiger partial charge on any atom is -0.317 e. The Morgan fingerprint density at radius 2 is 1.71 bits per heavy atom. The number of nitrogens with one attached hydrogen (secondary N) is 1. The molecule has 1 heteroatoms. The quantitative estimate of drug-likeness (QED) is 0.644. The van der Waals surface area contributed by atoms with Gasteiger partial charge in [-0.3, -0.25) is 0 Å². The highest BCUT2D eigenvalue weighted by Gasteiger charge is 2.17. The van der Waals surface area contributed by atoms with Crippen molar-refractivity contribution < 1.29 is 0 Å². The zero-order chi connectivity index (χ0) is 12.5. The summed E-state index contributed by atoms with van der Waals surface area (Å²) in [5.74, 6) is 1.97. The van der Waals surface area contributed by atoms with E-state index >= 15 is 0 Å². The first-order valence-corrected chi connectivity index (χ1v) is 7.97. The molecule has 1 atom stereocenters. The number of rotatable bonds is 8. The Bertz CT molecular complexity index is 168. The molecule has 102 valence electrons. The molecule has 1 fully saturated rings. The van der Waals surface area contributed by atoms with E-state index in [2.05, 4.69) is 26.2 Å². The van der Waals surface area contributed by atoms with E-state index in [-0.39, 0.29) is 0 Å². The summed E-state index contributed by atoms with van der Waals surface area (Å²) >= 11 is 0.